The first-order valence-electron chi connectivity index (χ1n) is 6.52. The van der Waals surface area contributed by atoms with E-state index in [1.54, 1.807) is 12.1 Å². The van der Waals surface area contributed by atoms with Gasteiger partial charge < -0.3 is 14.9 Å². The highest BCUT2D eigenvalue weighted by Crippen LogP contribution is 2.37. The summed E-state index contributed by atoms with van der Waals surface area (Å²) < 4.78 is 0. The van der Waals surface area contributed by atoms with Crippen LogP contribution in [0.1, 0.15) is 29.6 Å². The Bertz CT molecular complexity index is 452. The van der Waals surface area contributed by atoms with Crippen molar-refractivity contribution < 1.29 is 9.90 Å². The molecule has 0 spiro atoms. The summed E-state index contributed by atoms with van der Waals surface area (Å²) in [6.07, 6.45) is 5.10. The highest BCUT2D eigenvalue weighted by molar-refractivity contribution is 5.87. The Morgan fingerprint density at radius 1 is 1.37 bits per heavy atom. The van der Waals surface area contributed by atoms with Crippen LogP contribution < -0.4 is 4.90 Å². The molecule has 1 aliphatic rings. The predicted molar refractivity (Wildman–Crippen MR) is 74.7 cm³/mol. The molecule has 1 aromatic rings. The average molecular weight is 263 g/mol. The van der Waals surface area contributed by atoms with Gasteiger partial charge in [-0.3, -0.25) is 0 Å². The molecule has 5 heteroatoms. The Labute approximate surface area is 113 Å². The molecule has 0 radical (unpaired) electrons. The van der Waals surface area contributed by atoms with Crippen LogP contribution in [0.5, 0.6) is 0 Å². The minimum Gasteiger partial charge on any atom is -0.478 e. The lowest BCUT2D eigenvalue weighted by Crippen LogP contribution is -2.56. The number of carboxylic acids is 1. The van der Waals surface area contributed by atoms with Gasteiger partial charge in [0, 0.05) is 25.3 Å². The van der Waals surface area contributed by atoms with Gasteiger partial charge in [0.25, 0.3) is 0 Å². The lowest BCUT2D eigenvalue weighted by Gasteiger charge is -2.49. The minimum absolute atomic E-state index is 0.225. The third-order valence-corrected chi connectivity index (χ3v) is 4.15. The van der Waals surface area contributed by atoms with E-state index >= 15 is 0 Å². The van der Waals surface area contributed by atoms with Crippen molar-refractivity contribution in [3.05, 3.63) is 23.9 Å². The van der Waals surface area contributed by atoms with Crippen LogP contribution in [0, 0.1) is 0 Å². The van der Waals surface area contributed by atoms with E-state index in [1.165, 1.54) is 25.5 Å². The van der Waals surface area contributed by atoms with Crippen molar-refractivity contribution in [2.75, 3.05) is 32.6 Å². The summed E-state index contributed by atoms with van der Waals surface area (Å²) in [5, 5.41) is 8.86. The van der Waals surface area contributed by atoms with Crippen molar-refractivity contribution in [3.8, 4) is 0 Å². The average Bonchev–Trinajstić information content (AvgIpc) is 2.33. The molecule has 1 N–H and O–H groups in total. The van der Waals surface area contributed by atoms with Crippen LogP contribution in [0.4, 0.5) is 5.82 Å². The summed E-state index contributed by atoms with van der Waals surface area (Å²) in [4.78, 5) is 19.4. The predicted octanol–water partition coefficient (Wildman–Crippen LogP) is 1.70. The Balaban J connectivity index is 2.07. The van der Waals surface area contributed by atoms with Crippen molar-refractivity contribution in [3.63, 3.8) is 0 Å². The first-order valence-corrected chi connectivity index (χ1v) is 6.52. The highest BCUT2D eigenvalue weighted by Gasteiger charge is 2.40. The van der Waals surface area contributed by atoms with E-state index in [4.69, 9.17) is 5.11 Å². The summed E-state index contributed by atoms with van der Waals surface area (Å²) in [7, 11) is 6.24. The third-order valence-electron chi connectivity index (χ3n) is 4.15. The van der Waals surface area contributed by atoms with Crippen LogP contribution in [0.25, 0.3) is 0 Å². The van der Waals surface area contributed by atoms with Crippen LogP contribution in [0.2, 0.25) is 0 Å². The summed E-state index contributed by atoms with van der Waals surface area (Å²) in [5.41, 5.74) is 0.463. The summed E-state index contributed by atoms with van der Waals surface area (Å²) in [6.45, 7) is 0.916. The monoisotopic (exact) mass is 263 g/mol. The number of hydrogen-bond donors (Lipinski definition) is 1. The number of carbonyl (C=O) groups is 1. The summed E-state index contributed by atoms with van der Waals surface area (Å²) >= 11 is 0. The zero-order valence-electron chi connectivity index (χ0n) is 11.8. The van der Waals surface area contributed by atoms with Crippen LogP contribution in [0.15, 0.2) is 18.3 Å². The summed E-state index contributed by atoms with van der Waals surface area (Å²) in [5.74, 6) is -0.122. The van der Waals surface area contributed by atoms with Crippen LogP contribution >= 0.6 is 0 Å². The van der Waals surface area contributed by atoms with E-state index in [9.17, 15) is 4.79 Å². The molecule has 5 nitrogen and oxygen atoms in total. The zero-order valence-corrected chi connectivity index (χ0v) is 11.8. The largest absolute Gasteiger partial charge is 0.478 e. The Hall–Kier alpha value is -1.62. The number of aromatic nitrogens is 1. The second-order valence-electron chi connectivity index (χ2n) is 5.54. The molecular weight excluding hydrogens is 242 g/mol. The van der Waals surface area contributed by atoms with Gasteiger partial charge in [0.15, 0.2) is 0 Å². The van der Waals surface area contributed by atoms with Gasteiger partial charge >= 0.3 is 5.97 Å². The van der Waals surface area contributed by atoms with Gasteiger partial charge in [-0.05, 0) is 45.5 Å². The Morgan fingerprint density at radius 3 is 2.42 bits per heavy atom. The molecule has 1 heterocycles. The van der Waals surface area contributed by atoms with Crippen LogP contribution in [-0.4, -0.2) is 54.2 Å². The van der Waals surface area contributed by atoms with Crippen LogP contribution in [0.3, 0.4) is 0 Å². The maximum absolute atomic E-state index is 10.8. The van der Waals surface area contributed by atoms with Gasteiger partial charge in [0.2, 0.25) is 0 Å². The summed E-state index contributed by atoms with van der Waals surface area (Å²) in [6, 6.07) is 3.37. The molecule has 0 aromatic carbocycles. The van der Waals surface area contributed by atoms with Crippen molar-refractivity contribution in [2.45, 2.75) is 24.8 Å². The number of nitrogens with zero attached hydrogens (tertiary/aromatic N) is 3. The fourth-order valence-corrected chi connectivity index (χ4v) is 2.59. The topological polar surface area (TPSA) is 56.7 Å². The van der Waals surface area contributed by atoms with Gasteiger partial charge in [-0.2, -0.15) is 0 Å². The first kappa shape index (κ1) is 13.8. The maximum Gasteiger partial charge on any atom is 0.337 e. The Morgan fingerprint density at radius 2 is 2.05 bits per heavy atom. The van der Waals surface area contributed by atoms with Gasteiger partial charge in [0.05, 0.1) is 5.56 Å². The lowest BCUT2D eigenvalue weighted by molar-refractivity contribution is 0.0680. The molecule has 1 aromatic heterocycles. The van der Waals surface area contributed by atoms with Crippen LogP contribution in [-0.2, 0) is 0 Å². The van der Waals surface area contributed by atoms with Crippen molar-refractivity contribution in [2.24, 2.45) is 0 Å². The number of aromatic carboxylic acids is 1. The molecule has 0 amide bonds. The van der Waals surface area contributed by atoms with E-state index in [0.717, 1.165) is 12.4 Å². The van der Waals surface area contributed by atoms with Crippen molar-refractivity contribution in [1.82, 2.24) is 9.88 Å². The smallest absolute Gasteiger partial charge is 0.337 e. The highest BCUT2D eigenvalue weighted by atomic mass is 16.4. The van der Waals surface area contributed by atoms with Gasteiger partial charge in [-0.15, -0.1) is 0 Å². The molecule has 0 atom stereocenters. The number of carboxylic acid groups (broad SMARTS) is 1. The standard InChI is InChI=1S/C14H21N3O2/c1-16(2)14(7-4-8-14)10-17(3)12-6-5-11(9-15-12)13(18)19/h5-6,9H,4,7-8,10H2,1-3H3,(H,18,19). The van der Waals surface area contributed by atoms with E-state index in [-0.39, 0.29) is 11.1 Å². The molecular formula is C14H21N3O2. The van der Waals surface area contributed by atoms with Gasteiger partial charge in [0.1, 0.15) is 5.82 Å². The van der Waals surface area contributed by atoms with Crippen molar-refractivity contribution in [1.29, 1.82) is 0 Å². The van der Waals surface area contributed by atoms with E-state index < -0.39 is 5.97 Å². The Kier molecular flexibility index (Phi) is 3.75. The number of likely N-dealkylation sites (N-methyl/N-ethyl adjacent to an activating group) is 2. The fourth-order valence-electron chi connectivity index (χ4n) is 2.59. The molecule has 19 heavy (non-hydrogen) atoms. The number of hydrogen-bond acceptors (Lipinski definition) is 4. The molecule has 0 saturated heterocycles. The molecule has 0 bridgehead atoms. The molecule has 1 saturated carbocycles. The molecule has 0 aliphatic heterocycles. The third kappa shape index (κ3) is 2.71. The van der Waals surface area contributed by atoms with E-state index in [0.29, 0.717) is 0 Å². The second-order valence-corrected chi connectivity index (χ2v) is 5.54. The molecule has 2 rings (SSSR count). The SMILES string of the molecule is CN(CC1(N(C)C)CCC1)c1ccc(C(=O)O)cn1. The first-order chi connectivity index (χ1) is 8.94. The zero-order chi connectivity index (χ0) is 14.0. The normalized spacial score (nSPS) is 17.1. The second kappa shape index (κ2) is 5.17. The molecule has 0 unspecified atom stereocenters. The van der Waals surface area contributed by atoms with Gasteiger partial charge in [-0.25, -0.2) is 9.78 Å². The molecule has 1 aliphatic carbocycles. The van der Waals surface area contributed by atoms with E-state index in [1.807, 2.05) is 7.05 Å². The number of pyridine rings is 1. The quantitative estimate of drug-likeness (QED) is 0.876. The number of anilines is 1. The minimum atomic E-state index is -0.939. The van der Waals surface area contributed by atoms with Gasteiger partial charge in [-0.1, -0.05) is 0 Å². The number of rotatable bonds is 5. The molecule has 1 fully saturated rings. The fraction of sp³-hybridized carbons (Fsp3) is 0.571. The van der Waals surface area contributed by atoms with E-state index in [2.05, 4.69) is 28.9 Å². The maximum atomic E-state index is 10.8. The van der Waals surface area contributed by atoms with Crippen molar-refractivity contribution >= 4 is 11.8 Å². The molecule has 104 valence electrons. The lowest BCUT2D eigenvalue weighted by atomic mass is 9.75.